The van der Waals surface area contributed by atoms with Crippen molar-refractivity contribution in [2.24, 2.45) is 0 Å². The van der Waals surface area contributed by atoms with Gasteiger partial charge in [0.25, 0.3) is 5.91 Å². The number of rotatable bonds is 6. The van der Waals surface area contributed by atoms with E-state index in [-0.39, 0.29) is 6.61 Å². The minimum absolute atomic E-state index is 0.174. The number of hydrogen-bond donors (Lipinski definition) is 1. The Bertz CT molecular complexity index is 605. The van der Waals surface area contributed by atoms with Crippen LogP contribution >= 0.6 is 23.2 Å². The van der Waals surface area contributed by atoms with E-state index in [1.54, 1.807) is 18.2 Å². The van der Waals surface area contributed by atoms with Crippen molar-refractivity contribution in [3.63, 3.8) is 0 Å². The molecule has 6 heteroatoms. The lowest BCUT2D eigenvalue weighted by Crippen LogP contribution is -2.28. The summed E-state index contributed by atoms with van der Waals surface area (Å²) in [5, 5.41) is 0.801. The summed E-state index contributed by atoms with van der Waals surface area (Å²) in [6, 6.07) is 14.3. The average molecular weight is 326 g/mol. The van der Waals surface area contributed by atoms with Gasteiger partial charge in [-0.1, -0.05) is 53.5 Å². The molecule has 0 aliphatic carbocycles. The Kier molecular flexibility index (Phi) is 5.87. The topological polar surface area (TPSA) is 47.6 Å². The van der Waals surface area contributed by atoms with Gasteiger partial charge in [-0.2, -0.15) is 0 Å². The summed E-state index contributed by atoms with van der Waals surface area (Å²) >= 11 is 11.6. The maximum absolute atomic E-state index is 11.5. The molecule has 0 atom stereocenters. The third-order valence-electron chi connectivity index (χ3n) is 2.53. The zero-order valence-corrected chi connectivity index (χ0v) is 12.5. The molecule has 4 nitrogen and oxygen atoms in total. The van der Waals surface area contributed by atoms with Gasteiger partial charge in [0.05, 0.1) is 16.7 Å². The van der Waals surface area contributed by atoms with Crippen LogP contribution in [0.5, 0.6) is 5.75 Å². The smallest absolute Gasteiger partial charge is 0.281 e. The van der Waals surface area contributed by atoms with Crippen molar-refractivity contribution in [3.8, 4) is 5.75 Å². The van der Waals surface area contributed by atoms with E-state index in [4.69, 9.17) is 32.8 Å². The van der Waals surface area contributed by atoms with Gasteiger partial charge in [0.2, 0.25) is 0 Å². The number of ether oxygens (including phenoxy) is 1. The molecule has 0 aliphatic rings. The molecular formula is C15H13Cl2NO3. The van der Waals surface area contributed by atoms with Gasteiger partial charge in [-0.25, -0.2) is 5.48 Å². The molecule has 2 aromatic carbocycles. The fourth-order valence-electron chi connectivity index (χ4n) is 1.52. The molecule has 0 spiro atoms. The Hall–Kier alpha value is -1.75. The summed E-state index contributed by atoms with van der Waals surface area (Å²) in [4.78, 5) is 16.6. The molecule has 0 unspecified atom stereocenters. The molecule has 0 heterocycles. The van der Waals surface area contributed by atoms with Crippen LogP contribution in [0.4, 0.5) is 0 Å². The molecule has 0 fully saturated rings. The second-order valence-corrected chi connectivity index (χ2v) is 4.98. The van der Waals surface area contributed by atoms with Crippen LogP contribution in [-0.4, -0.2) is 12.5 Å². The quantitative estimate of drug-likeness (QED) is 0.825. The monoisotopic (exact) mass is 325 g/mol. The van der Waals surface area contributed by atoms with Gasteiger partial charge in [0, 0.05) is 6.07 Å². The first-order valence-corrected chi connectivity index (χ1v) is 6.93. The summed E-state index contributed by atoms with van der Waals surface area (Å²) in [7, 11) is 0. The lowest BCUT2D eigenvalue weighted by Gasteiger charge is -2.08. The Morgan fingerprint density at radius 3 is 2.52 bits per heavy atom. The Labute approximate surface area is 132 Å². The van der Waals surface area contributed by atoms with Crippen LogP contribution in [0.3, 0.4) is 0 Å². The summed E-state index contributed by atoms with van der Waals surface area (Å²) in [6.07, 6.45) is 0. The zero-order valence-electron chi connectivity index (χ0n) is 11.0. The third kappa shape index (κ3) is 5.27. The Morgan fingerprint density at radius 2 is 1.81 bits per heavy atom. The number of hydrogen-bond acceptors (Lipinski definition) is 3. The van der Waals surface area contributed by atoms with Crippen molar-refractivity contribution in [2.75, 3.05) is 6.61 Å². The van der Waals surface area contributed by atoms with E-state index in [1.165, 1.54) is 0 Å². The number of carbonyl (C=O) groups is 1. The van der Waals surface area contributed by atoms with E-state index >= 15 is 0 Å². The highest BCUT2D eigenvalue weighted by Gasteiger charge is 2.05. The summed E-state index contributed by atoms with van der Waals surface area (Å²) in [5.41, 5.74) is 3.27. The van der Waals surface area contributed by atoms with Crippen LogP contribution in [0.2, 0.25) is 10.0 Å². The minimum atomic E-state index is -0.392. The maximum atomic E-state index is 11.5. The summed E-state index contributed by atoms with van der Waals surface area (Å²) in [6.45, 7) is 0.117. The Balaban J connectivity index is 1.71. The number of amides is 1. The van der Waals surface area contributed by atoms with Crippen molar-refractivity contribution in [1.29, 1.82) is 0 Å². The molecule has 0 radical (unpaired) electrons. The van der Waals surface area contributed by atoms with E-state index in [2.05, 4.69) is 5.48 Å². The first kappa shape index (κ1) is 15.6. The average Bonchev–Trinajstić information content (AvgIpc) is 2.49. The molecule has 0 aromatic heterocycles. The van der Waals surface area contributed by atoms with Gasteiger partial charge in [-0.05, 0) is 17.7 Å². The van der Waals surface area contributed by atoms with Crippen molar-refractivity contribution >= 4 is 29.1 Å². The first-order chi connectivity index (χ1) is 10.1. The lowest BCUT2D eigenvalue weighted by atomic mass is 10.2. The zero-order chi connectivity index (χ0) is 15.1. The second kappa shape index (κ2) is 7.88. The largest absolute Gasteiger partial charge is 0.484 e. The Morgan fingerprint density at radius 1 is 1.05 bits per heavy atom. The summed E-state index contributed by atoms with van der Waals surface area (Å²) in [5.74, 6) is 0.0691. The molecule has 0 saturated carbocycles. The molecule has 2 aromatic rings. The molecule has 1 N–H and O–H groups in total. The van der Waals surface area contributed by atoms with Crippen LogP contribution in [0.15, 0.2) is 48.5 Å². The number of benzene rings is 2. The third-order valence-corrected chi connectivity index (χ3v) is 3.27. The van der Waals surface area contributed by atoms with E-state index < -0.39 is 5.91 Å². The van der Waals surface area contributed by atoms with Crippen molar-refractivity contribution < 1.29 is 14.4 Å². The van der Waals surface area contributed by atoms with Crippen molar-refractivity contribution in [3.05, 3.63) is 64.1 Å². The van der Waals surface area contributed by atoms with Crippen LogP contribution in [0, 0.1) is 0 Å². The van der Waals surface area contributed by atoms with Crippen LogP contribution in [0.25, 0.3) is 0 Å². The highest BCUT2D eigenvalue weighted by atomic mass is 35.5. The van der Waals surface area contributed by atoms with E-state index in [1.807, 2.05) is 30.3 Å². The van der Waals surface area contributed by atoms with Crippen molar-refractivity contribution in [2.45, 2.75) is 6.61 Å². The summed E-state index contributed by atoms with van der Waals surface area (Å²) < 4.78 is 5.27. The molecular weight excluding hydrogens is 313 g/mol. The van der Waals surface area contributed by atoms with Gasteiger partial charge >= 0.3 is 0 Å². The van der Waals surface area contributed by atoms with Gasteiger partial charge in [0.15, 0.2) is 6.61 Å². The first-order valence-electron chi connectivity index (χ1n) is 6.17. The predicted molar refractivity (Wildman–Crippen MR) is 81.3 cm³/mol. The van der Waals surface area contributed by atoms with E-state index in [0.717, 1.165) is 5.56 Å². The highest BCUT2D eigenvalue weighted by Crippen LogP contribution is 2.26. The molecule has 0 bridgehead atoms. The van der Waals surface area contributed by atoms with Gasteiger partial charge < -0.3 is 4.74 Å². The van der Waals surface area contributed by atoms with Gasteiger partial charge in [-0.15, -0.1) is 0 Å². The predicted octanol–water partition coefficient (Wildman–Crippen LogP) is 3.62. The highest BCUT2D eigenvalue weighted by molar-refractivity contribution is 6.42. The van der Waals surface area contributed by atoms with Crippen molar-refractivity contribution in [1.82, 2.24) is 5.48 Å². The minimum Gasteiger partial charge on any atom is -0.484 e. The van der Waals surface area contributed by atoms with E-state index in [9.17, 15) is 4.79 Å². The standard InChI is InChI=1S/C15H13Cl2NO3/c16-13-7-6-12(8-14(13)17)20-10-15(19)18-21-9-11-4-2-1-3-5-11/h1-8H,9-10H2,(H,18,19). The number of carbonyl (C=O) groups excluding carboxylic acids is 1. The number of nitrogens with one attached hydrogen (secondary N) is 1. The fourth-order valence-corrected chi connectivity index (χ4v) is 1.81. The molecule has 1 amide bonds. The fraction of sp³-hybridized carbons (Fsp3) is 0.133. The molecule has 0 saturated heterocycles. The molecule has 110 valence electrons. The van der Waals surface area contributed by atoms with Crippen LogP contribution in [0.1, 0.15) is 5.56 Å². The molecule has 21 heavy (non-hydrogen) atoms. The van der Waals surface area contributed by atoms with Crippen LogP contribution in [-0.2, 0) is 16.2 Å². The van der Waals surface area contributed by atoms with Gasteiger partial charge in [0.1, 0.15) is 5.75 Å². The molecule has 2 rings (SSSR count). The van der Waals surface area contributed by atoms with Gasteiger partial charge in [-0.3, -0.25) is 9.63 Å². The van der Waals surface area contributed by atoms with E-state index in [0.29, 0.717) is 22.4 Å². The normalized spacial score (nSPS) is 10.2. The van der Waals surface area contributed by atoms with Crippen LogP contribution < -0.4 is 10.2 Å². The molecule has 0 aliphatic heterocycles. The second-order valence-electron chi connectivity index (χ2n) is 4.16. The number of hydroxylamine groups is 1. The lowest BCUT2D eigenvalue weighted by molar-refractivity contribution is -0.136. The number of halogens is 2. The SMILES string of the molecule is O=C(COc1ccc(Cl)c(Cl)c1)NOCc1ccccc1. The maximum Gasteiger partial charge on any atom is 0.281 e.